The summed E-state index contributed by atoms with van der Waals surface area (Å²) in [6, 6.07) is 0. The Morgan fingerprint density at radius 1 is 1.30 bits per heavy atom. The molecule has 2 aromatic heterocycles. The molecule has 0 bridgehead atoms. The molecule has 0 saturated carbocycles. The lowest BCUT2D eigenvalue weighted by atomic mass is 10.2. The van der Waals surface area contributed by atoms with Crippen LogP contribution in [0.5, 0.6) is 0 Å². The van der Waals surface area contributed by atoms with Crippen LogP contribution >= 0.6 is 25.3 Å². The number of hydrogen-bond donors (Lipinski definition) is 3. The van der Waals surface area contributed by atoms with E-state index in [0.29, 0.717) is 16.8 Å². The zero-order valence-corrected chi connectivity index (χ0v) is 13.8. The third-order valence-electron chi connectivity index (χ3n) is 3.76. The molecule has 1 N–H and O–H groups in total. The molecule has 0 aliphatic rings. The molecule has 0 saturated heterocycles. The van der Waals surface area contributed by atoms with E-state index in [1.54, 1.807) is 0 Å². The number of H-pyrrole nitrogens is 1. The minimum Gasteiger partial charge on any atom is -0.342 e. The summed E-state index contributed by atoms with van der Waals surface area (Å²) in [6.45, 7) is 5.88. The average molecular weight is 313 g/mol. The van der Waals surface area contributed by atoms with Crippen molar-refractivity contribution < 1.29 is 0 Å². The van der Waals surface area contributed by atoms with Crippen LogP contribution in [0.2, 0.25) is 0 Å². The van der Waals surface area contributed by atoms with Crippen molar-refractivity contribution in [2.75, 3.05) is 5.75 Å². The lowest BCUT2D eigenvalue weighted by Gasteiger charge is -2.21. The number of rotatable bonds is 3. The van der Waals surface area contributed by atoms with Gasteiger partial charge in [-0.3, -0.25) is 9.36 Å². The van der Waals surface area contributed by atoms with Crippen molar-refractivity contribution >= 4 is 36.3 Å². The summed E-state index contributed by atoms with van der Waals surface area (Å²) in [6.07, 6.45) is 0. The molecule has 5 nitrogen and oxygen atoms in total. The van der Waals surface area contributed by atoms with Gasteiger partial charge in [-0.2, -0.15) is 25.3 Å². The summed E-state index contributed by atoms with van der Waals surface area (Å²) in [5.41, 5.74) is 2.33. The summed E-state index contributed by atoms with van der Waals surface area (Å²) in [5.74, 6) is 0.464. The molecule has 2 heterocycles. The molecule has 0 aliphatic carbocycles. The molecular formula is C13H19N3O2S2. The largest absolute Gasteiger partial charge is 0.342 e. The number of aromatic nitrogens is 3. The van der Waals surface area contributed by atoms with Gasteiger partial charge in [0.15, 0.2) is 0 Å². The Labute approximate surface area is 127 Å². The zero-order valence-electron chi connectivity index (χ0n) is 12.0. The highest BCUT2D eigenvalue weighted by Crippen LogP contribution is 2.19. The SMILES string of the molecule is Cc1c(C)n(C)c2c(=O)n(C[C@@](C)(S)CS)c(=O)[nH]c12. The van der Waals surface area contributed by atoms with Gasteiger partial charge < -0.3 is 9.55 Å². The van der Waals surface area contributed by atoms with Gasteiger partial charge in [-0.25, -0.2) is 4.79 Å². The first-order chi connectivity index (χ1) is 9.19. The van der Waals surface area contributed by atoms with Crippen LogP contribution in [0, 0.1) is 13.8 Å². The standard InChI is InChI=1S/C13H19N3O2S2/c1-7-8(2)15(4)10-9(7)14-12(18)16(11(10)17)5-13(3,20)6-19/h19-20H,5-6H2,1-4H3,(H,14,18)/t13-/m1/s1. The highest BCUT2D eigenvalue weighted by Gasteiger charge is 2.22. The van der Waals surface area contributed by atoms with Gasteiger partial charge in [0, 0.05) is 29.8 Å². The van der Waals surface area contributed by atoms with Gasteiger partial charge in [-0.15, -0.1) is 0 Å². The van der Waals surface area contributed by atoms with Crippen LogP contribution in [0.25, 0.3) is 11.0 Å². The van der Waals surface area contributed by atoms with Crippen molar-refractivity contribution in [1.82, 2.24) is 14.1 Å². The minimum absolute atomic E-state index is 0.215. The number of aromatic amines is 1. The van der Waals surface area contributed by atoms with E-state index in [1.807, 2.05) is 32.4 Å². The Bertz CT molecular complexity index is 783. The van der Waals surface area contributed by atoms with E-state index in [1.165, 1.54) is 4.57 Å². The third-order valence-corrected chi connectivity index (χ3v) is 5.00. The van der Waals surface area contributed by atoms with Gasteiger partial charge in [0.25, 0.3) is 5.56 Å². The van der Waals surface area contributed by atoms with E-state index in [4.69, 9.17) is 0 Å². The van der Waals surface area contributed by atoms with Gasteiger partial charge in [-0.1, -0.05) is 0 Å². The van der Waals surface area contributed by atoms with Crippen molar-refractivity contribution in [2.45, 2.75) is 32.1 Å². The molecule has 1 atom stereocenters. The first-order valence-corrected chi connectivity index (χ1v) is 7.39. The fraction of sp³-hybridized carbons (Fsp3) is 0.538. The molecule has 2 aromatic rings. The molecule has 0 unspecified atom stereocenters. The van der Waals surface area contributed by atoms with E-state index in [2.05, 4.69) is 30.2 Å². The number of hydrogen-bond acceptors (Lipinski definition) is 4. The number of thiol groups is 2. The Hall–Kier alpha value is -1.08. The van der Waals surface area contributed by atoms with E-state index >= 15 is 0 Å². The fourth-order valence-electron chi connectivity index (χ4n) is 2.28. The second-order valence-corrected chi connectivity index (χ2v) is 6.87. The molecule has 110 valence electrons. The molecular weight excluding hydrogens is 294 g/mol. The smallest absolute Gasteiger partial charge is 0.328 e. The van der Waals surface area contributed by atoms with Crippen molar-refractivity contribution in [3.05, 3.63) is 32.1 Å². The quantitative estimate of drug-likeness (QED) is 0.747. The van der Waals surface area contributed by atoms with Crippen molar-refractivity contribution in [3.8, 4) is 0 Å². The number of nitrogens with zero attached hydrogens (tertiary/aromatic N) is 2. The lowest BCUT2D eigenvalue weighted by molar-refractivity contribution is 0.542. The van der Waals surface area contributed by atoms with Crippen molar-refractivity contribution in [1.29, 1.82) is 0 Å². The Morgan fingerprint density at radius 2 is 1.90 bits per heavy atom. The van der Waals surface area contributed by atoms with E-state index in [9.17, 15) is 9.59 Å². The van der Waals surface area contributed by atoms with Crippen molar-refractivity contribution in [3.63, 3.8) is 0 Å². The molecule has 7 heteroatoms. The topological polar surface area (TPSA) is 59.8 Å². The maximum Gasteiger partial charge on any atom is 0.328 e. The van der Waals surface area contributed by atoms with Crippen LogP contribution in [-0.2, 0) is 13.6 Å². The average Bonchev–Trinajstić information content (AvgIpc) is 2.59. The van der Waals surface area contributed by atoms with Crippen LogP contribution in [-0.4, -0.2) is 24.6 Å². The van der Waals surface area contributed by atoms with E-state index < -0.39 is 10.4 Å². The summed E-state index contributed by atoms with van der Waals surface area (Å²) >= 11 is 8.65. The first-order valence-electron chi connectivity index (χ1n) is 6.31. The van der Waals surface area contributed by atoms with E-state index in [0.717, 1.165) is 11.3 Å². The van der Waals surface area contributed by atoms with Gasteiger partial charge in [0.2, 0.25) is 0 Å². The van der Waals surface area contributed by atoms with Gasteiger partial charge >= 0.3 is 5.69 Å². The minimum atomic E-state index is -0.525. The highest BCUT2D eigenvalue weighted by molar-refractivity contribution is 7.85. The Kier molecular flexibility index (Phi) is 3.85. The summed E-state index contributed by atoms with van der Waals surface area (Å²) in [7, 11) is 1.83. The molecule has 2 rings (SSSR count). The maximum absolute atomic E-state index is 12.6. The lowest BCUT2D eigenvalue weighted by Crippen LogP contribution is -2.41. The Morgan fingerprint density at radius 3 is 2.45 bits per heavy atom. The summed E-state index contributed by atoms with van der Waals surface area (Å²) in [5, 5.41) is 0. The van der Waals surface area contributed by atoms with Crippen LogP contribution in [0.3, 0.4) is 0 Å². The fourth-order valence-corrected chi connectivity index (χ4v) is 2.52. The van der Waals surface area contributed by atoms with Gasteiger partial charge in [-0.05, 0) is 26.3 Å². The molecule has 0 aliphatic heterocycles. The van der Waals surface area contributed by atoms with Crippen LogP contribution in [0.15, 0.2) is 9.59 Å². The van der Waals surface area contributed by atoms with Crippen LogP contribution < -0.4 is 11.2 Å². The van der Waals surface area contributed by atoms with Crippen LogP contribution in [0.4, 0.5) is 0 Å². The number of aryl methyl sites for hydroxylation is 2. The number of nitrogens with one attached hydrogen (secondary N) is 1. The second-order valence-electron chi connectivity index (χ2n) is 5.47. The predicted octanol–water partition coefficient (Wildman–Crippen LogP) is 1.26. The monoisotopic (exact) mass is 313 g/mol. The van der Waals surface area contributed by atoms with E-state index in [-0.39, 0.29) is 12.1 Å². The molecule has 0 spiro atoms. The molecule has 0 amide bonds. The maximum atomic E-state index is 12.6. The van der Waals surface area contributed by atoms with Crippen molar-refractivity contribution in [2.24, 2.45) is 7.05 Å². The van der Waals surface area contributed by atoms with Gasteiger partial charge in [0.05, 0.1) is 5.52 Å². The molecule has 0 radical (unpaired) electrons. The van der Waals surface area contributed by atoms with Crippen LogP contribution in [0.1, 0.15) is 18.2 Å². The molecule has 20 heavy (non-hydrogen) atoms. The summed E-state index contributed by atoms with van der Waals surface area (Å²) < 4.78 is 2.49. The predicted molar refractivity (Wildman–Crippen MR) is 88.5 cm³/mol. The molecule has 0 aromatic carbocycles. The first kappa shape index (κ1) is 15.3. The summed E-state index contributed by atoms with van der Waals surface area (Å²) in [4.78, 5) is 27.6. The Balaban J connectivity index is 2.80. The highest BCUT2D eigenvalue weighted by atomic mass is 32.1. The normalized spacial score (nSPS) is 14.7. The zero-order chi connectivity index (χ0) is 15.2. The third kappa shape index (κ3) is 2.33. The van der Waals surface area contributed by atoms with Gasteiger partial charge in [0.1, 0.15) is 5.52 Å². The molecule has 0 fully saturated rings. The second kappa shape index (κ2) is 5.04. The number of fused-ring (bicyclic) bond motifs is 1.